The third kappa shape index (κ3) is 4.30. The predicted octanol–water partition coefficient (Wildman–Crippen LogP) is -0.133. The minimum Gasteiger partial charge on any atom is -0.507 e. The van der Waals surface area contributed by atoms with E-state index in [2.05, 4.69) is 4.90 Å². The topological polar surface area (TPSA) is 179 Å². The van der Waals surface area contributed by atoms with E-state index in [1.165, 1.54) is 25.1 Å². The van der Waals surface area contributed by atoms with E-state index in [1.807, 2.05) is 0 Å². The Hall–Kier alpha value is -2.70. The number of phenols is 1. The highest BCUT2D eigenvalue weighted by molar-refractivity contribution is 6.34. The second-order valence-corrected chi connectivity index (χ2v) is 12.3. The van der Waals surface area contributed by atoms with Crippen molar-refractivity contribution in [2.24, 2.45) is 29.4 Å². The number of benzene rings is 1. The minimum absolute atomic E-state index is 0.0325. The summed E-state index contributed by atoms with van der Waals surface area (Å²) in [6.07, 6.45) is 1.85. The Morgan fingerprint density at radius 3 is 2.52 bits per heavy atom. The van der Waals surface area contributed by atoms with Crippen molar-refractivity contribution in [3.8, 4) is 5.75 Å². The number of ketones is 4. The molecule has 5 rings (SSSR count). The molecular formula is C28H34ClN3O8. The van der Waals surface area contributed by atoms with Crippen LogP contribution in [0, 0.1) is 23.7 Å². The van der Waals surface area contributed by atoms with Gasteiger partial charge in [0.2, 0.25) is 5.91 Å². The molecule has 1 heterocycles. The van der Waals surface area contributed by atoms with Gasteiger partial charge < -0.3 is 21.1 Å². The number of primary amides is 1. The molecule has 1 aromatic rings. The van der Waals surface area contributed by atoms with Gasteiger partial charge in [0, 0.05) is 24.0 Å². The molecule has 3 aliphatic carbocycles. The number of aromatic hydroxyl groups is 1. The molecule has 7 atom stereocenters. The number of likely N-dealkylation sites (tertiary alicyclic amines) is 1. The number of hydrogen-bond donors (Lipinski definition) is 4. The van der Waals surface area contributed by atoms with Crippen molar-refractivity contribution in [3.05, 3.63) is 27.8 Å². The number of halogens is 1. The zero-order valence-electron chi connectivity index (χ0n) is 22.4. The number of nitrogens with two attached hydrogens (primary N) is 1. The van der Waals surface area contributed by atoms with Crippen molar-refractivity contribution in [2.45, 2.75) is 56.4 Å². The smallest absolute Gasteiger partial charge is 0.235 e. The molecule has 3 unspecified atom stereocenters. The molecule has 12 heteroatoms. The Labute approximate surface area is 236 Å². The van der Waals surface area contributed by atoms with E-state index in [4.69, 9.17) is 17.3 Å². The van der Waals surface area contributed by atoms with E-state index in [9.17, 15) is 39.3 Å². The lowest BCUT2D eigenvalue weighted by atomic mass is 9.52. The SMILES string of the molecule is CN(C)[C@@H]1C(=O)C(C(N)=O)C(=O)[C@@]2(O)C(=O)C3C(=O)c4c(O)cc(CN5CCCC(O)CC5)c(Cl)c4C[C@H]3C[C@@H]12. The molecule has 4 aliphatic rings. The molecule has 0 bridgehead atoms. The summed E-state index contributed by atoms with van der Waals surface area (Å²) in [7, 11) is 3.08. The van der Waals surface area contributed by atoms with Crippen LogP contribution in [-0.2, 0) is 32.1 Å². The highest BCUT2D eigenvalue weighted by Crippen LogP contribution is 2.51. The van der Waals surface area contributed by atoms with Gasteiger partial charge in [-0.1, -0.05) is 11.6 Å². The monoisotopic (exact) mass is 575 g/mol. The fourth-order valence-corrected chi connectivity index (χ4v) is 7.65. The summed E-state index contributed by atoms with van der Waals surface area (Å²) in [6.45, 7) is 1.79. The number of carbonyl (C=O) groups is 5. The average molecular weight is 576 g/mol. The van der Waals surface area contributed by atoms with E-state index >= 15 is 0 Å². The maximum absolute atomic E-state index is 13.9. The van der Waals surface area contributed by atoms with Crippen molar-refractivity contribution in [1.29, 1.82) is 0 Å². The first-order chi connectivity index (χ1) is 18.8. The van der Waals surface area contributed by atoms with Crippen LogP contribution in [0.1, 0.15) is 47.2 Å². The second-order valence-electron chi connectivity index (χ2n) is 11.9. The standard InChI is InChI=1S/C28H34ClN3O8/c1-31(2)22-16-9-12-8-15-19(17(34)10-13(21(15)29)11-32-6-3-4-14(33)5-7-32)23(35)18(12)25(37)28(16,40)26(38)20(24(22)36)27(30)39/h10,12,14,16,18,20,22,33-34,40H,3-9,11H2,1-2H3,(H2,30,39)/t12-,14?,16-,18?,20?,22-,28-/m0/s1. The van der Waals surface area contributed by atoms with Gasteiger partial charge in [-0.3, -0.25) is 33.8 Å². The third-order valence-corrected chi connectivity index (χ3v) is 9.72. The first-order valence-electron chi connectivity index (χ1n) is 13.6. The van der Waals surface area contributed by atoms with Crippen molar-refractivity contribution in [3.63, 3.8) is 0 Å². The average Bonchev–Trinajstić information content (AvgIpc) is 3.07. The molecule has 0 aromatic heterocycles. The number of Topliss-reactive ketones (excluding diaryl/α,β-unsaturated/α-hetero) is 4. The number of fused-ring (bicyclic) bond motifs is 3. The summed E-state index contributed by atoms with van der Waals surface area (Å²) in [6, 6.07) is 0.247. The van der Waals surface area contributed by atoms with Gasteiger partial charge >= 0.3 is 0 Å². The van der Waals surface area contributed by atoms with Crippen LogP contribution in [0.5, 0.6) is 5.75 Å². The van der Waals surface area contributed by atoms with Gasteiger partial charge in [0.15, 0.2) is 34.7 Å². The summed E-state index contributed by atoms with van der Waals surface area (Å²) in [5.41, 5.74) is 3.46. The Balaban J connectivity index is 1.54. The highest BCUT2D eigenvalue weighted by Gasteiger charge is 2.69. The van der Waals surface area contributed by atoms with E-state index in [0.29, 0.717) is 42.1 Å². The van der Waals surface area contributed by atoms with Crippen LogP contribution in [-0.4, -0.2) is 99.1 Å². The summed E-state index contributed by atoms with van der Waals surface area (Å²) < 4.78 is 0. The highest BCUT2D eigenvalue weighted by atomic mass is 35.5. The molecular weight excluding hydrogens is 542 g/mol. The molecule has 40 heavy (non-hydrogen) atoms. The molecule has 216 valence electrons. The quantitative estimate of drug-likeness (QED) is 0.353. The van der Waals surface area contributed by atoms with Gasteiger partial charge in [0.25, 0.3) is 0 Å². The van der Waals surface area contributed by atoms with Crippen LogP contribution in [0.15, 0.2) is 6.07 Å². The summed E-state index contributed by atoms with van der Waals surface area (Å²) >= 11 is 6.82. The van der Waals surface area contributed by atoms with Crippen LogP contribution >= 0.6 is 11.6 Å². The van der Waals surface area contributed by atoms with Gasteiger partial charge in [0.1, 0.15) is 5.75 Å². The molecule has 5 N–H and O–H groups in total. The molecule has 2 saturated carbocycles. The molecule has 3 fully saturated rings. The Kier molecular flexibility index (Phi) is 7.41. The van der Waals surface area contributed by atoms with Crippen LogP contribution in [0.4, 0.5) is 0 Å². The van der Waals surface area contributed by atoms with Gasteiger partial charge in [0.05, 0.1) is 23.6 Å². The van der Waals surface area contributed by atoms with Gasteiger partial charge in [-0.25, -0.2) is 0 Å². The molecule has 0 spiro atoms. The number of nitrogens with zero attached hydrogens (tertiary/aromatic N) is 2. The van der Waals surface area contributed by atoms with Gasteiger partial charge in [-0.05, 0) is 75.9 Å². The van der Waals surface area contributed by atoms with E-state index in [0.717, 1.165) is 13.0 Å². The number of carbonyl (C=O) groups excluding carboxylic acids is 5. The number of aliphatic hydroxyl groups is 2. The lowest BCUT2D eigenvalue weighted by molar-refractivity contribution is -0.181. The normalized spacial score (nSPS) is 34.8. The summed E-state index contributed by atoms with van der Waals surface area (Å²) in [5.74, 6) is -10.9. The van der Waals surface area contributed by atoms with Crippen LogP contribution in [0.2, 0.25) is 5.02 Å². The summed E-state index contributed by atoms with van der Waals surface area (Å²) in [5, 5.41) is 32.9. The van der Waals surface area contributed by atoms with Crippen LogP contribution in [0.25, 0.3) is 0 Å². The summed E-state index contributed by atoms with van der Waals surface area (Å²) in [4.78, 5) is 69.8. The van der Waals surface area contributed by atoms with Crippen LogP contribution in [0.3, 0.4) is 0 Å². The lowest BCUT2D eigenvalue weighted by Crippen LogP contribution is -2.74. The van der Waals surface area contributed by atoms with Crippen molar-refractivity contribution in [1.82, 2.24) is 9.80 Å². The van der Waals surface area contributed by atoms with Crippen molar-refractivity contribution >= 4 is 40.6 Å². The first-order valence-corrected chi connectivity index (χ1v) is 13.9. The molecule has 0 radical (unpaired) electrons. The second kappa shape index (κ2) is 10.3. The Bertz CT molecular complexity index is 1310. The zero-order valence-corrected chi connectivity index (χ0v) is 23.2. The maximum atomic E-state index is 13.9. The van der Waals surface area contributed by atoms with Crippen molar-refractivity contribution in [2.75, 3.05) is 27.2 Å². The van der Waals surface area contributed by atoms with Gasteiger partial charge in [-0.15, -0.1) is 0 Å². The first kappa shape index (κ1) is 28.8. The van der Waals surface area contributed by atoms with Gasteiger partial charge in [-0.2, -0.15) is 0 Å². The number of rotatable bonds is 4. The lowest BCUT2D eigenvalue weighted by Gasteiger charge is -2.52. The predicted molar refractivity (Wildman–Crippen MR) is 142 cm³/mol. The third-order valence-electron chi connectivity index (χ3n) is 9.25. The molecule has 11 nitrogen and oxygen atoms in total. The molecule has 1 aromatic carbocycles. The fourth-order valence-electron chi connectivity index (χ4n) is 7.36. The maximum Gasteiger partial charge on any atom is 0.235 e. The molecule has 1 amide bonds. The molecule has 1 aliphatic heterocycles. The van der Waals surface area contributed by atoms with Crippen LogP contribution < -0.4 is 5.73 Å². The number of aliphatic hydroxyl groups excluding tert-OH is 1. The largest absolute Gasteiger partial charge is 0.507 e. The van der Waals surface area contributed by atoms with E-state index in [-0.39, 0.29) is 30.3 Å². The Morgan fingerprint density at radius 1 is 1.18 bits per heavy atom. The Morgan fingerprint density at radius 2 is 1.88 bits per heavy atom. The number of likely N-dealkylation sites (N-methyl/N-ethyl adjacent to an activating group) is 1. The van der Waals surface area contributed by atoms with Crippen molar-refractivity contribution < 1.29 is 39.3 Å². The molecule has 1 saturated heterocycles. The van der Waals surface area contributed by atoms with E-state index < -0.39 is 64.4 Å². The zero-order chi connectivity index (χ0) is 29.3. The number of hydrogen-bond acceptors (Lipinski definition) is 10. The number of amides is 1. The fraction of sp³-hybridized carbons (Fsp3) is 0.607. The van der Waals surface area contributed by atoms with E-state index in [1.54, 1.807) is 0 Å². The minimum atomic E-state index is -2.76. The number of phenolic OH excluding ortho intramolecular Hbond substituents is 1.